The van der Waals surface area contributed by atoms with Gasteiger partial charge in [-0.05, 0) is 31.5 Å². The summed E-state index contributed by atoms with van der Waals surface area (Å²) in [6.45, 7) is 3.36. The second-order valence-corrected chi connectivity index (χ2v) is 5.13. The molecule has 2 N–H and O–H groups in total. The minimum atomic E-state index is -0.733. The number of allylic oxidation sites excluding steroid dienone is 2. The van der Waals surface area contributed by atoms with E-state index in [1.54, 1.807) is 38.1 Å². The Kier molecular flexibility index (Phi) is 5.65. The van der Waals surface area contributed by atoms with E-state index in [1.165, 1.54) is 0 Å². The Bertz CT molecular complexity index is 827. The number of hydrogen-bond donors (Lipinski definition) is 1. The maximum Gasteiger partial charge on any atom is 0.338 e. The summed E-state index contributed by atoms with van der Waals surface area (Å²) in [5.41, 5.74) is 6.78. The van der Waals surface area contributed by atoms with Gasteiger partial charge in [-0.15, -0.1) is 0 Å². The first-order valence-electron chi connectivity index (χ1n) is 7.58. The van der Waals surface area contributed by atoms with E-state index < -0.39 is 11.9 Å². The fourth-order valence-corrected chi connectivity index (χ4v) is 2.59. The summed E-state index contributed by atoms with van der Waals surface area (Å²) in [4.78, 5) is 12.4. The molecule has 1 aliphatic heterocycles. The third-order valence-corrected chi connectivity index (χ3v) is 3.60. The van der Waals surface area contributed by atoms with E-state index in [9.17, 15) is 10.1 Å². The van der Waals surface area contributed by atoms with Crippen molar-refractivity contribution in [3.8, 4) is 17.9 Å². The number of esters is 1. The molecular weight excluding hydrogens is 322 g/mol. The maximum atomic E-state index is 12.4. The van der Waals surface area contributed by atoms with Gasteiger partial charge in [0.05, 0.1) is 18.1 Å². The first kappa shape index (κ1) is 17.9. The van der Waals surface area contributed by atoms with Crippen molar-refractivity contribution in [3.63, 3.8) is 0 Å². The number of nitrogens with zero attached hydrogens (tertiary/aromatic N) is 2. The third kappa shape index (κ3) is 3.73. The molecule has 1 aliphatic rings. The van der Waals surface area contributed by atoms with Crippen molar-refractivity contribution in [3.05, 3.63) is 52.6 Å². The predicted molar refractivity (Wildman–Crippen MR) is 87.5 cm³/mol. The third-order valence-electron chi connectivity index (χ3n) is 3.60. The molecule has 2 rings (SSSR count). The Balaban J connectivity index is 2.55. The summed E-state index contributed by atoms with van der Waals surface area (Å²) < 4.78 is 15.8. The summed E-state index contributed by atoms with van der Waals surface area (Å²) in [6.07, 6.45) is 0. The quantitative estimate of drug-likeness (QED) is 0.817. The van der Waals surface area contributed by atoms with Crippen LogP contribution in [0.1, 0.15) is 25.3 Å². The zero-order valence-electron chi connectivity index (χ0n) is 13.9. The summed E-state index contributed by atoms with van der Waals surface area (Å²) in [7, 11) is 0. The number of nitriles is 2. The van der Waals surface area contributed by atoms with E-state index in [-0.39, 0.29) is 36.0 Å². The lowest BCUT2D eigenvalue weighted by Crippen LogP contribution is -2.25. The molecule has 0 bridgehead atoms. The normalized spacial score (nSPS) is 16.6. The maximum absolute atomic E-state index is 12.4. The van der Waals surface area contributed by atoms with Crippen LogP contribution in [0.3, 0.4) is 0 Å². The van der Waals surface area contributed by atoms with Gasteiger partial charge >= 0.3 is 5.97 Å². The number of hydrogen-bond acceptors (Lipinski definition) is 7. The zero-order valence-corrected chi connectivity index (χ0v) is 13.9. The molecule has 1 aromatic carbocycles. The van der Waals surface area contributed by atoms with Crippen LogP contribution in [0.15, 0.2) is 47.1 Å². The second kappa shape index (κ2) is 7.89. The van der Waals surface area contributed by atoms with Crippen LogP contribution in [0, 0.1) is 22.7 Å². The standard InChI is InChI=1S/C18H17N3O4/c1-3-23-18(22)15-11(2)25-17(21)14(10-20)16(15)12-5-4-6-13(9-12)24-8-7-19/h4-6,9,16H,3,8,21H2,1-2H3. The van der Waals surface area contributed by atoms with Gasteiger partial charge in [0.25, 0.3) is 0 Å². The summed E-state index contributed by atoms with van der Waals surface area (Å²) in [5, 5.41) is 18.1. The number of carbonyl (C=O) groups is 1. The van der Waals surface area contributed by atoms with Crippen LogP contribution >= 0.6 is 0 Å². The molecule has 7 nitrogen and oxygen atoms in total. The largest absolute Gasteiger partial charge is 0.479 e. The fourth-order valence-electron chi connectivity index (χ4n) is 2.59. The number of carbonyl (C=O) groups excluding carboxylic acids is 1. The molecule has 0 fully saturated rings. The molecule has 0 radical (unpaired) electrons. The minimum Gasteiger partial charge on any atom is -0.479 e. The summed E-state index contributed by atoms with van der Waals surface area (Å²) in [5.74, 6) is -0.635. The summed E-state index contributed by atoms with van der Waals surface area (Å²) >= 11 is 0. The Morgan fingerprint density at radius 3 is 2.80 bits per heavy atom. The van der Waals surface area contributed by atoms with Crippen molar-refractivity contribution in [1.29, 1.82) is 10.5 Å². The van der Waals surface area contributed by atoms with E-state index >= 15 is 0 Å². The number of rotatable bonds is 5. The van der Waals surface area contributed by atoms with Gasteiger partial charge in [-0.3, -0.25) is 0 Å². The van der Waals surface area contributed by atoms with Crippen molar-refractivity contribution < 1.29 is 19.0 Å². The van der Waals surface area contributed by atoms with Crippen LogP contribution in [0.25, 0.3) is 0 Å². The smallest absolute Gasteiger partial charge is 0.338 e. The molecular formula is C18H17N3O4. The van der Waals surface area contributed by atoms with Crippen LogP contribution in [0.5, 0.6) is 5.75 Å². The van der Waals surface area contributed by atoms with Gasteiger partial charge in [0.15, 0.2) is 6.61 Å². The summed E-state index contributed by atoms with van der Waals surface area (Å²) in [6, 6.07) is 10.7. The molecule has 1 atom stereocenters. The molecule has 0 aliphatic carbocycles. The topological polar surface area (TPSA) is 118 Å². The second-order valence-electron chi connectivity index (χ2n) is 5.13. The van der Waals surface area contributed by atoms with Crippen molar-refractivity contribution in [2.24, 2.45) is 5.73 Å². The fraction of sp³-hybridized carbons (Fsp3) is 0.278. The van der Waals surface area contributed by atoms with Crippen LogP contribution in [0.2, 0.25) is 0 Å². The van der Waals surface area contributed by atoms with Gasteiger partial charge in [0.2, 0.25) is 5.88 Å². The molecule has 1 aromatic rings. The number of ether oxygens (including phenoxy) is 3. The highest BCUT2D eigenvalue weighted by atomic mass is 16.5. The number of nitrogens with two attached hydrogens (primary N) is 1. The van der Waals surface area contributed by atoms with E-state index in [2.05, 4.69) is 0 Å². The predicted octanol–water partition coefficient (Wildman–Crippen LogP) is 2.23. The first-order chi connectivity index (χ1) is 12.0. The van der Waals surface area contributed by atoms with Crippen LogP contribution in [-0.4, -0.2) is 19.2 Å². The average Bonchev–Trinajstić information content (AvgIpc) is 2.59. The van der Waals surface area contributed by atoms with Gasteiger partial charge in [-0.1, -0.05) is 12.1 Å². The molecule has 0 spiro atoms. The first-order valence-corrected chi connectivity index (χ1v) is 7.58. The highest BCUT2D eigenvalue weighted by molar-refractivity contribution is 5.92. The van der Waals surface area contributed by atoms with Gasteiger partial charge < -0.3 is 19.9 Å². The lowest BCUT2D eigenvalue weighted by Gasteiger charge is -2.27. The van der Waals surface area contributed by atoms with E-state index in [4.69, 9.17) is 25.2 Å². The van der Waals surface area contributed by atoms with Gasteiger partial charge in [0.1, 0.15) is 29.2 Å². The lowest BCUT2D eigenvalue weighted by molar-refractivity contribution is -0.139. The monoisotopic (exact) mass is 339 g/mol. The molecule has 128 valence electrons. The van der Waals surface area contributed by atoms with Crippen LogP contribution in [0.4, 0.5) is 0 Å². The van der Waals surface area contributed by atoms with Gasteiger partial charge in [-0.2, -0.15) is 10.5 Å². The van der Waals surface area contributed by atoms with Gasteiger partial charge in [-0.25, -0.2) is 4.79 Å². The van der Waals surface area contributed by atoms with Crippen LogP contribution in [-0.2, 0) is 14.3 Å². The molecule has 7 heteroatoms. The Morgan fingerprint density at radius 2 is 2.16 bits per heavy atom. The van der Waals surface area contributed by atoms with Gasteiger partial charge in [0, 0.05) is 0 Å². The molecule has 0 saturated heterocycles. The Labute approximate surface area is 145 Å². The van der Waals surface area contributed by atoms with E-state index in [0.29, 0.717) is 11.3 Å². The Morgan fingerprint density at radius 1 is 1.40 bits per heavy atom. The Hall–Kier alpha value is -3.45. The zero-order chi connectivity index (χ0) is 18.4. The molecule has 1 unspecified atom stereocenters. The molecule has 0 amide bonds. The number of benzene rings is 1. The van der Waals surface area contributed by atoms with E-state index in [1.807, 2.05) is 12.1 Å². The van der Waals surface area contributed by atoms with E-state index in [0.717, 1.165) is 0 Å². The molecule has 25 heavy (non-hydrogen) atoms. The van der Waals surface area contributed by atoms with Crippen LogP contribution < -0.4 is 10.5 Å². The highest BCUT2D eigenvalue weighted by Gasteiger charge is 2.36. The molecule has 1 heterocycles. The molecule has 0 saturated carbocycles. The molecule has 0 aromatic heterocycles. The highest BCUT2D eigenvalue weighted by Crippen LogP contribution is 2.40. The SMILES string of the molecule is CCOC(=O)C1=C(C)OC(N)=C(C#N)C1c1cccc(OCC#N)c1. The van der Waals surface area contributed by atoms with Crippen molar-refractivity contribution >= 4 is 5.97 Å². The average molecular weight is 339 g/mol. The van der Waals surface area contributed by atoms with Crippen molar-refractivity contribution in [1.82, 2.24) is 0 Å². The van der Waals surface area contributed by atoms with Crippen molar-refractivity contribution in [2.45, 2.75) is 19.8 Å². The minimum absolute atomic E-state index is 0.0543. The lowest BCUT2D eigenvalue weighted by atomic mass is 9.83. The van der Waals surface area contributed by atoms with Crippen molar-refractivity contribution in [2.75, 3.05) is 13.2 Å².